The summed E-state index contributed by atoms with van der Waals surface area (Å²) < 4.78 is 24.7. The predicted molar refractivity (Wildman–Crippen MR) is 163 cm³/mol. The van der Waals surface area contributed by atoms with Gasteiger partial charge in [0.05, 0.1) is 51.5 Å². The molecular formula is C32H36NO6S2+. The molecule has 0 aliphatic carbocycles. The quantitative estimate of drug-likeness (QED) is 0.0847. The van der Waals surface area contributed by atoms with Crippen molar-refractivity contribution in [3.63, 3.8) is 0 Å². The highest BCUT2D eigenvalue weighted by Gasteiger charge is 2.53. The predicted octanol–water partition coefficient (Wildman–Crippen LogP) is 6.67. The molecule has 3 aromatic rings. The molecular weight excluding hydrogens is 558 g/mol. The summed E-state index contributed by atoms with van der Waals surface area (Å²) in [6, 6.07) is 18.1. The lowest BCUT2D eigenvalue weighted by Gasteiger charge is -2.36. The van der Waals surface area contributed by atoms with E-state index < -0.39 is 17.0 Å². The first-order chi connectivity index (χ1) is 19.4. The number of carbonyl (C=O) groups excluding carboxylic acids is 2. The zero-order valence-corrected chi connectivity index (χ0v) is 25.9. The number of esters is 2. The third kappa shape index (κ3) is 5.80. The summed E-state index contributed by atoms with van der Waals surface area (Å²) in [5, 5.41) is 0. The van der Waals surface area contributed by atoms with Crippen LogP contribution >= 0.6 is 21.6 Å². The highest BCUT2D eigenvalue weighted by Crippen LogP contribution is 2.57. The maximum atomic E-state index is 13.2. The molecule has 5 rings (SSSR count). The smallest absolute Gasteiger partial charge is 0.340 e. The lowest BCUT2D eigenvalue weighted by molar-refractivity contribution is -0.867. The zero-order valence-electron chi connectivity index (χ0n) is 24.3. The average Bonchev–Trinajstić information content (AvgIpc) is 3.22. The fourth-order valence-electron chi connectivity index (χ4n) is 4.90. The summed E-state index contributed by atoms with van der Waals surface area (Å²) >= 11 is 0. The molecule has 0 fully saturated rings. The SMILES string of the molecule is COc1ccc2c(c1)Oc1cc(OC(=O)C(C)(C)CCSSCC[N+](C)(C)C)ccc1C21OC(=O)c2ccccc21. The van der Waals surface area contributed by atoms with Crippen molar-refractivity contribution in [1.82, 2.24) is 0 Å². The standard InChI is InChI=1S/C32H36NO6S2/c1-31(2,15-17-40-41-18-16-33(3,4)5)30(35)37-22-12-14-26-28(20-22)38-27-19-21(36-6)11-13-25(27)32(26)24-10-8-7-9-23(24)29(34)39-32/h7-14,19-20H,15-18H2,1-6H3/q+1. The van der Waals surface area contributed by atoms with E-state index in [9.17, 15) is 9.59 Å². The molecule has 0 saturated heterocycles. The number of methoxy groups -OCH3 is 1. The van der Waals surface area contributed by atoms with Crippen molar-refractivity contribution in [3.8, 4) is 23.0 Å². The van der Waals surface area contributed by atoms with Crippen molar-refractivity contribution in [3.05, 3.63) is 82.9 Å². The molecule has 0 amide bonds. The summed E-state index contributed by atoms with van der Waals surface area (Å²) in [7, 11) is 11.8. The van der Waals surface area contributed by atoms with Gasteiger partial charge in [0.25, 0.3) is 0 Å². The zero-order chi connectivity index (χ0) is 29.4. The van der Waals surface area contributed by atoms with Crippen LogP contribution in [0.3, 0.4) is 0 Å². The van der Waals surface area contributed by atoms with Gasteiger partial charge in [-0.25, -0.2) is 4.79 Å². The first kappa shape index (κ1) is 29.4. The van der Waals surface area contributed by atoms with Gasteiger partial charge in [-0.1, -0.05) is 39.8 Å². The van der Waals surface area contributed by atoms with Gasteiger partial charge in [-0.3, -0.25) is 4.79 Å². The monoisotopic (exact) mass is 594 g/mol. The Morgan fingerprint density at radius 2 is 1.54 bits per heavy atom. The average molecular weight is 595 g/mol. The molecule has 1 spiro atoms. The maximum absolute atomic E-state index is 13.2. The summed E-state index contributed by atoms with van der Waals surface area (Å²) in [6.45, 7) is 4.91. The van der Waals surface area contributed by atoms with Crippen LogP contribution in [0.2, 0.25) is 0 Å². The van der Waals surface area contributed by atoms with Crippen LogP contribution in [-0.4, -0.2) is 62.7 Å². The number of hydrogen-bond acceptors (Lipinski definition) is 8. The van der Waals surface area contributed by atoms with Crippen LogP contribution in [0.15, 0.2) is 60.7 Å². The molecule has 41 heavy (non-hydrogen) atoms. The third-order valence-corrected chi connectivity index (χ3v) is 9.78. The highest BCUT2D eigenvalue weighted by molar-refractivity contribution is 8.76. The third-order valence-electron chi connectivity index (χ3n) is 7.39. The van der Waals surface area contributed by atoms with E-state index in [1.54, 1.807) is 42.2 Å². The molecule has 1 unspecified atom stereocenters. The second-order valence-electron chi connectivity index (χ2n) is 11.9. The minimum atomic E-state index is -1.19. The van der Waals surface area contributed by atoms with Crippen molar-refractivity contribution in [2.24, 2.45) is 5.41 Å². The topological polar surface area (TPSA) is 71.1 Å². The van der Waals surface area contributed by atoms with Crippen LogP contribution in [0.5, 0.6) is 23.0 Å². The Labute approximate surface area is 249 Å². The minimum absolute atomic E-state index is 0.306. The van der Waals surface area contributed by atoms with Gasteiger partial charge in [0.2, 0.25) is 0 Å². The number of nitrogens with zero attached hydrogens (tertiary/aromatic N) is 1. The Morgan fingerprint density at radius 1 is 0.902 bits per heavy atom. The molecule has 7 nitrogen and oxygen atoms in total. The van der Waals surface area contributed by atoms with Gasteiger partial charge in [-0.2, -0.15) is 0 Å². The van der Waals surface area contributed by atoms with Gasteiger partial charge in [-0.05, 0) is 50.6 Å². The van der Waals surface area contributed by atoms with E-state index in [0.29, 0.717) is 46.1 Å². The minimum Gasteiger partial charge on any atom is -0.497 e. The number of carbonyl (C=O) groups is 2. The largest absolute Gasteiger partial charge is 0.497 e. The number of rotatable bonds is 10. The van der Waals surface area contributed by atoms with Crippen LogP contribution in [0.4, 0.5) is 0 Å². The van der Waals surface area contributed by atoms with Crippen molar-refractivity contribution < 1.29 is 33.0 Å². The fraction of sp³-hybridized carbons (Fsp3) is 0.375. The first-order valence-electron chi connectivity index (χ1n) is 13.6. The van der Waals surface area contributed by atoms with Crippen molar-refractivity contribution in [2.45, 2.75) is 25.9 Å². The molecule has 216 valence electrons. The van der Waals surface area contributed by atoms with Crippen molar-refractivity contribution >= 4 is 33.5 Å². The maximum Gasteiger partial charge on any atom is 0.340 e. The van der Waals surface area contributed by atoms with Crippen LogP contribution < -0.4 is 14.2 Å². The normalized spacial score (nSPS) is 17.3. The number of fused-ring (bicyclic) bond motifs is 6. The van der Waals surface area contributed by atoms with Crippen molar-refractivity contribution in [2.75, 3.05) is 46.3 Å². The number of quaternary nitrogens is 1. The second kappa shape index (κ2) is 11.3. The fourth-order valence-corrected chi connectivity index (χ4v) is 7.53. The molecule has 0 saturated carbocycles. The van der Waals surface area contributed by atoms with Gasteiger partial charge in [0, 0.05) is 34.6 Å². The van der Waals surface area contributed by atoms with Gasteiger partial charge in [-0.15, -0.1) is 0 Å². The Kier molecular flexibility index (Phi) is 8.07. The molecule has 0 radical (unpaired) electrons. The van der Waals surface area contributed by atoms with E-state index in [2.05, 4.69) is 21.1 Å². The van der Waals surface area contributed by atoms with Gasteiger partial charge in [0.1, 0.15) is 23.0 Å². The number of benzene rings is 3. The van der Waals surface area contributed by atoms with Crippen molar-refractivity contribution in [1.29, 1.82) is 0 Å². The highest BCUT2D eigenvalue weighted by atomic mass is 33.1. The number of ether oxygens (including phenoxy) is 4. The molecule has 0 N–H and O–H groups in total. The Hall–Kier alpha value is -3.14. The van der Waals surface area contributed by atoms with E-state index in [-0.39, 0.29) is 5.97 Å². The van der Waals surface area contributed by atoms with Gasteiger partial charge >= 0.3 is 11.9 Å². The Morgan fingerprint density at radius 3 is 2.22 bits per heavy atom. The first-order valence-corrected chi connectivity index (χ1v) is 16.0. The molecule has 0 bridgehead atoms. The second-order valence-corrected chi connectivity index (χ2v) is 14.6. The summed E-state index contributed by atoms with van der Waals surface area (Å²) in [4.78, 5) is 26.3. The Bertz CT molecular complexity index is 1480. The van der Waals surface area contributed by atoms with E-state index in [1.165, 1.54) is 0 Å². The van der Waals surface area contributed by atoms with E-state index >= 15 is 0 Å². The molecule has 3 aromatic carbocycles. The molecule has 9 heteroatoms. The Balaban J connectivity index is 1.38. The van der Waals surface area contributed by atoms with E-state index in [0.717, 1.165) is 28.1 Å². The van der Waals surface area contributed by atoms with Gasteiger partial charge < -0.3 is 23.4 Å². The molecule has 2 heterocycles. The lowest BCUT2D eigenvalue weighted by atomic mass is 9.77. The van der Waals surface area contributed by atoms with E-state index in [4.69, 9.17) is 18.9 Å². The molecule has 2 aliphatic rings. The summed E-state index contributed by atoms with van der Waals surface area (Å²) in [5.74, 6) is 3.13. The van der Waals surface area contributed by atoms with E-state index in [1.807, 2.05) is 61.0 Å². The van der Waals surface area contributed by atoms with Crippen LogP contribution in [0.1, 0.15) is 47.3 Å². The molecule has 2 aliphatic heterocycles. The van der Waals surface area contributed by atoms with Crippen LogP contribution in [0.25, 0.3) is 0 Å². The van der Waals surface area contributed by atoms with Crippen LogP contribution in [0, 0.1) is 5.41 Å². The van der Waals surface area contributed by atoms with Crippen LogP contribution in [-0.2, 0) is 15.1 Å². The summed E-state index contributed by atoms with van der Waals surface area (Å²) in [5.41, 5.74) is 0.759. The number of hydrogen-bond donors (Lipinski definition) is 0. The van der Waals surface area contributed by atoms with Gasteiger partial charge in [0.15, 0.2) is 5.60 Å². The molecule has 0 aromatic heterocycles. The lowest BCUT2D eigenvalue weighted by Crippen LogP contribution is -2.36. The molecule has 1 atom stereocenters. The summed E-state index contributed by atoms with van der Waals surface area (Å²) in [6.07, 6.45) is 0.693.